The molecule has 0 radical (unpaired) electrons. The van der Waals surface area contributed by atoms with Crippen LogP contribution in [0, 0.1) is 11.3 Å². The van der Waals surface area contributed by atoms with E-state index in [0.29, 0.717) is 23.5 Å². The highest BCUT2D eigenvalue weighted by atomic mass is 32.1. The first-order valence-electron chi connectivity index (χ1n) is 10.9. The molecule has 3 atom stereocenters. The Kier molecular flexibility index (Phi) is 4.95. The predicted molar refractivity (Wildman–Crippen MR) is 112 cm³/mol. The summed E-state index contributed by atoms with van der Waals surface area (Å²) in [4.78, 5) is 14.1. The van der Waals surface area contributed by atoms with Gasteiger partial charge in [0.15, 0.2) is 5.96 Å². The van der Waals surface area contributed by atoms with Crippen LogP contribution < -0.4 is 10.2 Å². The van der Waals surface area contributed by atoms with E-state index in [1.807, 2.05) is 7.05 Å². The van der Waals surface area contributed by atoms with Crippen LogP contribution in [-0.4, -0.2) is 72.2 Å². The van der Waals surface area contributed by atoms with E-state index in [9.17, 15) is 0 Å². The number of aromatic nitrogens is 2. The zero-order chi connectivity index (χ0) is 19.1. The molecule has 1 aromatic rings. The van der Waals surface area contributed by atoms with Gasteiger partial charge in [-0.15, -0.1) is 0 Å². The molecule has 2 saturated carbocycles. The maximum atomic E-state index is 6.14. The summed E-state index contributed by atoms with van der Waals surface area (Å²) in [5.41, 5.74) is 0.363. The number of rotatable bonds is 3. The van der Waals surface area contributed by atoms with Crippen LogP contribution in [0.25, 0.3) is 0 Å². The molecule has 154 valence electrons. The molecule has 4 aliphatic rings. The van der Waals surface area contributed by atoms with Crippen molar-refractivity contribution in [2.45, 2.75) is 57.6 Å². The largest absolute Gasteiger partial charge is 0.377 e. The normalized spacial score (nSPS) is 31.9. The fraction of sp³-hybridized carbons (Fsp3) is 0.850. The second-order valence-electron chi connectivity index (χ2n) is 8.67. The van der Waals surface area contributed by atoms with Gasteiger partial charge in [-0.2, -0.15) is 4.37 Å². The van der Waals surface area contributed by atoms with Gasteiger partial charge in [0.1, 0.15) is 5.82 Å². The van der Waals surface area contributed by atoms with Gasteiger partial charge in [-0.3, -0.25) is 4.99 Å². The topological polar surface area (TPSA) is 65.9 Å². The van der Waals surface area contributed by atoms with Crippen LogP contribution in [0.3, 0.4) is 0 Å². The monoisotopic (exact) mass is 404 g/mol. The molecule has 2 saturated heterocycles. The highest BCUT2D eigenvalue weighted by Gasteiger charge is 2.65. The molecule has 0 amide bonds. The van der Waals surface area contributed by atoms with Gasteiger partial charge in [0.2, 0.25) is 5.13 Å². The minimum atomic E-state index is 0.363. The van der Waals surface area contributed by atoms with Crippen LogP contribution >= 0.6 is 11.5 Å². The molecule has 0 aromatic carbocycles. The third-order valence-corrected chi connectivity index (χ3v) is 8.22. The lowest BCUT2D eigenvalue weighted by Crippen LogP contribution is -2.70. The highest BCUT2D eigenvalue weighted by molar-refractivity contribution is 7.09. The molecule has 28 heavy (non-hydrogen) atoms. The van der Waals surface area contributed by atoms with Crippen molar-refractivity contribution < 1.29 is 4.74 Å². The Labute approximate surface area is 171 Å². The Morgan fingerprint density at radius 2 is 2.07 bits per heavy atom. The van der Waals surface area contributed by atoms with Crippen molar-refractivity contribution in [3.63, 3.8) is 0 Å². The predicted octanol–water partition coefficient (Wildman–Crippen LogP) is 2.15. The van der Waals surface area contributed by atoms with Crippen LogP contribution in [0.2, 0.25) is 0 Å². The lowest BCUT2D eigenvalue weighted by atomic mass is 9.54. The number of guanidine groups is 1. The van der Waals surface area contributed by atoms with Gasteiger partial charge in [0, 0.05) is 75.2 Å². The first-order valence-corrected chi connectivity index (χ1v) is 11.7. The SMILES string of the molecule is CCc1nsc(N2CCN(C(=NC)NC3C4CCOC4C34CCCC4)CC2)n1. The first-order chi connectivity index (χ1) is 13.7. The van der Waals surface area contributed by atoms with Gasteiger partial charge in [0.05, 0.1) is 6.10 Å². The van der Waals surface area contributed by atoms with E-state index in [1.165, 1.54) is 43.6 Å². The fourth-order valence-corrected chi connectivity index (χ4v) is 6.77. The standard InChI is InChI=1S/C20H32N6OS/c1-3-15-22-19(28-24-15)26-11-9-25(10-12-26)18(21-2)23-16-14-6-13-27-17(14)20(16)7-4-5-8-20/h14,16-17H,3-13H2,1-2H3,(H,21,23). The lowest BCUT2D eigenvalue weighted by Gasteiger charge is -2.57. The molecule has 3 unspecified atom stereocenters. The second kappa shape index (κ2) is 7.44. The van der Waals surface area contributed by atoms with Crippen LogP contribution in [0.15, 0.2) is 4.99 Å². The molecule has 4 fully saturated rings. The molecule has 2 aliphatic heterocycles. The lowest BCUT2D eigenvalue weighted by molar-refractivity contribution is -0.125. The molecule has 0 bridgehead atoms. The maximum Gasteiger partial charge on any atom is 0.205 e. The first kappa shape index (κ1) is 18.6. The van der Waals surface area contributed by atoms with Gasteiger partial charge in [-0.1, -0.05) is 19.8 Å². The Hall–Kier alpha value is -1.41. The third kappa shape index (κ3) is 2.91. The summed E-state index contributed by atoms with van der Waals surface area (Å²) in [7, 11) is 1.93. The van der Waals surface area contributed by atoms with Crippen molar-refractivity contribution >= 4 is 22.6 Å². The van der Waals surface area contributed by atoms with Crippen molar-refractivity contribution in [2.75, 3.05) is 44.7 Å². The van der Waals surface area contributed by atoms with E-state index in [0.717, 1.165) is 56.1 Å². The average molecular weight is 405 g/mol. The number of nitrogens with one attached hydrogen (secondary N) is 1. The smallest absolute Gasteiger partial charge is 0.205 e. The number of hydrogen-bond acceptors (Lipinski definition) is 6. The number of anilines is 1. The summed E-state index contributed by atoms with van der Waals surface area (Å²) < 4.78 is 10.6. The number of ether oxygens (including phenoxy) is 1. The molecule has 2 aliphatic carbocycles. The molecule has 1 N–H and O–H groups in total. The fourth-order valence-electron chi connectivity index (χ4n) is 5.97. The molecule has 8 heteroatoms. The Morgan fingerprint density at radius 3 is 2.75 bits per heavy atom. The van der Waals surface area contributed by atoms with Crippen molar-refractivity contribution in [3.05, 3.63) is 5.82 Å². The molecular weight excluding hydrogens is 372 g/mol. The quantitative estimate of drug-likeness (QED) is 0.615. The van der Waals surface area contributed by atoms with Gasteiger partial charge < -0.3 is 19.9 Å². The summed E-state index contributed by atoms with van der Waals surface area (Å²) in [5, 5.41) is 4.96. The summed E-state index contributed by atoms with van der Waals surface area (Å²) in [5.74, 6) is 2.71. The van der Waals surface area contributed by atoms with Crippen LogP contribution in [0.1, 0.15) is 44.9 Å². The number of aryl methyl sites for hydroxylation is 1. The third-order valence-electron chi connectivity index (χ3n) is 7.41. The van der Waals surface area contributed by atoms with Gasteiger partial charge >= 0.3 is 0 Å². The number of hydrogen-bond donors (Lipinski definition) is 1. The molecule has 1 aromatic heterocycles. The van der Waals surface area contributed by atoms with E-state index in [1.54, 1.807) is 0 Å². The van der Waals surface area contributed by atoms with Gasteiger partial charge in [-0.25, -0.2) is 4.98 Å². The van der Waals surface area contributed by atoms with Crippen LogP contribution in [0.4, 0.5) is 5.13 Å². The zero-order valence-electron chi connectivity index (χ0n) is 17.1. The van der Waals surface area contributed by atoms with E-state index in [-0.39, 0.29) is 0 Å². The van der Waals surface area contributed by atoms with E-state index in [2.05, 4.69) is 36.4 Å². The number of fused-ring (bicyclic) bond motifs is 2. The van der Waals surface area contributed by atoms with Crippen molar-refractivity contribution in [3.8, 4) is 0 Å². The second-order valence-corrected chi connectivity index (χ2v) is 9.40. The Morgan fingerprint density at radius 1 is 1.29 bits per heavy atom. The molecule has 7 nitrogen and oxygen atoms in total. The van der Waals surface area contributed by atoms with Crippen LogP contribution in [-0.2, 0) is 11.2 Å². The van der Waals surface area contributed by atoms with Crippen molar-refractivity contribution in [2.24, 2.45) is 16.3 Å². The summed E-state index contributed by atoms with van der Waals surface area (Å²) >= 11 is 1.53. The van der Waals surface area contributed by atoms with E-state index < -0.39 is 0 Å². The summed E-state index contributed by atoms with van der Waals surface area (Å²) in [6, 6.07) is 0.537. The summed E-state index contributed by atoms with van der Waals surface area (Å²) in [6.45, 7) is 6.95. The number of aliphatic imine (C=N–C) groups is 1. The Bertz CT molecular complexity index is 722. The van der Waals surface area contributed by atoms with E-state index in [4.69, 9.17) is 4.74 Å². The van der Waals surface area contributed by atoms with Crippen molar-refractivity contribution in [1.29, 1.82) is 0 Å². The molecule has 5 rings (SSSR count). The van der Waals surface area contributed by atoms with E-state index >= 15 is 0 Å². The maximum absolute atomic E-state index is 6.14. The minimum absolute atomic E-state index is 0.363. The number of nitrogens with zero attached hydrogens (tertiary/aromatic N) is 5. The summed E-state index contributed by atoms with van der Waals surface area (Å²) in [6.07, 6.45) is 7.93. The zero-order valence-corrected chi connectivity index (χ0v) is 17.9. The molecule has 1 spiro atoms. The average Bonchev–Trinajstić information content (AvgIpc) is 3.48. The molecular formula is C20H32N6OS. The highest BCUT2D eigenvalue weighted by Crippen LogP contribution is 2.60. The van der Waals surface area contributed by atoms with Crippen molar-refractivity contribution in [1.82, 2.24) is 19.6 Å². The van der Waals surface area contributed by atoms with Gasteiger partial charge in [0.25, 0.3) is 0 Å². The minimum Gasteiger partial charge on any atom is -0.377 e. The molecule has 3 heterocycles. The number of piperazine rings is 1. The Balaban J connectivity index is 1.22. The van der Waals surface area contributed by atoms with Gasteiger partial charge in [-0.05, 0) is 19.3 Å². The van der Waals surface area contributed by atoms with Crippen LogP contribution in [0.5, 0.6) is 0 Å².